The Kier molecular flexibility index (Phi) is 1.98. The number of hydrogen-bond donors (Lipinski definition) is 2. The van der Waals surface area contributed by atoms with Crippen LogP contribution in [0.5, 0.6) is 0 Å². The van der Waals surface area contributed by atoms with Crippen LogP contribution in [0.15, 0.2) is 23.6 Å². The molecule has 5 heteroatoms. The van der Waals surface area contributed by atoms with Gasteiger partial charge in [-0.3, -0.25) is 0 Å². The van der Waals surface area contributed by atoms with E-state index in [-0.39, 0.29) is 0 Å². The van der Waals surface area contributed by atoms with Crippen LogP contribution in [0.2, 0.25) is 5.02 Å². The molecule has 2 N–H and O–H groups in total. The second kappa shape index (κ2) is 3.14. The summed E-state index contributed by atoms with van der Waals surface area (Å²) in [6.45, 7) is 0.301. The molecule has 2 rings (SSSR count). The van der Waals surface area contributed by atoms with Crippen LogP contribution in [0.1, 0.15) is 5.56 Å². The third-order valence-corrected chi connectivity index (χ3v) is 2.21. The SMILES string of the molecule is N=NCc1c(Cl)cnc2[nH]ccc12. The van der Waals surface area contributed by atoms with Crippen LogP contribution in [-0.2, 0) is 6.54 Å². The topological polar surface area (TPSA) is 64.9 Å². The first-order valence-electron chi connectivity index (χ1n) is 3.76. The fourth-order valence-electron chi connectivity index (χ4n) is 1.28. The van der Waals surface area contributed by atoms with Crippen LogP contribution < -0.4 is 0 Å². The average molecular weight is 195 g/mol. The van der Waals surface area contributed by atoms with Gasteiger partial charge < -0.3 is 4.98 Å². The van der Waals surface area contributed by atoms with Gasteiger partial charge in [0.05, 0.1) is 11.6 Å². The van der Waals surface area contributed by atoms with Gasteiger partial charge in [-0.15, -0.1) is 0 Å². The molecule has 0 aromatic carbocycles. The molecule has 0 atom stereocenters. The maximum atomic E-state index is 6.80. The molecule has 0 unspecified atom stereocenters. The molecule has 0 radical (unpaired) electrons. The van der Waals surface area contributed by atoms with Crippen molar-refractivity contribution < 1.29 is 0 Å². The van der Waals surface area contributed by atoms with Gasteiger partial charge in [-0.05, 0) is 6.07 Å². The molecule has 0 aliphatic carbocycles. The smallest absolute Gasteiger partial charge is 0.137 e. The van der Waals surface area contributed by atoms with Gasteiger partial charge in [0.1, 0.15) is 5.65 Å². The molecule has 0 aliphatic heterocycles. The Labute approximate surface area is 79.4 Å². The standard InChI is InChI=1S/C8H7ClN4/c9-7-4-12-8-5(1-2-11-8)6(7)3-13-10/h1-2,4,10H,3H2,(H,11,12). The van der Waals surface area contributed by atoms with Crippen molar-refractivity contribution in [2.24, 2.45) is 5.11 Å². The van der Waals surface area contributed by atoms with Crippen LogP contribution in [0.4, 0.5) is 0 Å². The summed E-state index contributed by atoms with van der Waals surface area (Å²) in [4.78, 5) is 7.07. The highest BCUT2D eigenvalue weighted by atomic mass is 35.5. The van der Waals surface area contributed by atoms with E-state index in [2.05, 4.69) is 15.1 Å². The summed E-state index contributed by atoms with van der Waals surface area (Å²) in [7, 11) is 0. The number of pyridine rings is 1. The van der Waals surface area contributed by atoms with Gasteiger partial charge in [-0.25, -0.2) is 10.5 Å². The Morgan fingerprint density at radius 2 is 2.46 bits per heavy atom. The molecule has 66 valence electrons. The zero-order valence-electron chi connectivity index (χ0n) is 6.71. The lowest BCUT2D eigenvalue weighted by Gasteiger charge is -2.00. The minimum Gasteiger partial charge on any atom is -0.346 e. The fraction of sp³-hybridized carbons (Fsp3) is 0.125. The Bertz CT molecular complexity index is 448. The van der Waals surface area contributed by atoms with E-state index in [0.29, 0.717) is 11.6 Å². The molecule has 2 aromatic rings. The number of rotatable bonds is 2. The van der Waals surface area contributed by atoms with E-state index in [1.807, 2.05) is 6.07 Å². The van der Waals surface area contributed by atoms with E-state index in [9.17, 15) is 0 Å². The lowest BCUT2D eigenvalue weighted by Crippen LogP contribution is -1.86. The molecular weight excluding hydrogens is 188 g/mol. The van der Waals surface area contributed by atoms with Crippen LogP contribution >= 0.6 is 11.6 Å². The summed E-state index contributed by atoms with van der Waals surface area (Å²) < 4.78 is 0. The largest absolute Gasteiger partial charge is 0.346 e. The van der Waals surface area contributed by atoms with E-state index in [4.69, 9.17) is 17.1 Å². The van der Waals surface area contributed by atoms with Crippen molar-refractivity contribution in [1.29, 1.82) is 5.53 Å². The summed E-state index contributed by atoms with van der Waals surface area (Å²) >= 11 is 5.92. The van der Waals surface area contributed by atoms with Crippen molar-refractivity contribution in [3.05, 3.63) is 29.0 Å². The van der Waals surface area contributed by atoms with E-state index in [1.54, 1.807) is 12.4 Å². The first-order chi connectivity index (χ1) is 6.33. The first-order valence-corrected chi connectivity index (χ1v) is 4.14. The predicted octanol–water partition coefficient (Wildman–Crippen LogP) is 2.75. The molecule has 13 heavy (non-hydrogen) atoms. The van der Waals surface area contributed by atoms with Gasteiger partial charge in [-0.2, -0.15) is 5.11 Å². The number of nitrogens with one attached hydrogen (secondary N) is 2. The Morgan fingerprint density at radius 3 is 3.23 bits per heavy atom. The van der Waals surface area contributed by atoms with E-state index >= 15 is 0 Å². The molecule has 0 saturated heterocycles. The maximum Gasteiger partial charge on any atom is 0.137 e. The first kappa shape index (κ1) is 8.19. The van der Waals surface area contributed by atoms with E-state index < -0.39 is 0 Å². The number of nitrogens with zero attached hydrogens (tertiary/aromatic N) is 2. The average Bonchev–Trinajstić information content (AvgIpc) is 2.58. The summed E-state index contributed by atoms with van der Waals surface area (Å²) in [6.07, 6.45) is 3.36. The van der Waals surface area contributed by atoms with Gasteiger partial charge >= 0.3 is 0 Å². The van der Waals surface area contributed by atoms with Crippen molar-refractivity contribution >= 4 is 22.6 Å². The zero-order chi connectivity index (χ0) is 9.26. The highest BCUT2D eigenvalue weighted by molar-refractivity contribution is 6.32. The summed E-state index contributed by atoms with van der Waals surface area (Å²) in [6, 6.07) is 1.88. The molecule has 2 heterocycles. The maximum absolute atomic E-state index is 6.80. The van der Waals surface area contributed by atoms with Gasteiger partial charge in [0, 0.05) is 23.3 Å². The number of H-pyrrole nitrogens is 1. The van der Waals surface area contributed by atoms with Crippen LogP contribution in [0.25, 0.3) is 11.0 Å². The number of halogens is 1. The van der Waals surface area contributed by atoms with Crippen molar-refractivity contribution in [2.45, 2.75) is 6.54 Å². The molecule has 0 bridgehead atoms. The molecule has 0 aliphatic rings. The number of hydrogen-bond acceptors (Lipinski definition) is 3. The quantitative estimate of drug-likeness (QED) is 0.710. The third kappa shape index (κ3) is 1.29. The van der Waals surface area contributed by atoms with E-state index in [0.717, 1.165) is 16.6 Å². The lowest BCUT2D eigenvalue weighted by atomic mass is 10.2. The number of fused-ring (bicyclic) bond motifs is 1. The van der Waals surface area contributed by atoms with Gasteiger partial charge in [0.25, 0.3) is 0 Å². The van der Waals surface area contributed by atoms with Crippen LogP contribution in [-0.4, -0.2) is 9.97 Å². The number of aromatic amines is 1. The molecule has 4 nitrogen and oxygen atoms in total. The van der Waals surface area contributed by atoms with Crippen LogP contribution in [0.3, 0.4) is 0 Å². The minimum atomic E-state index is 0.301. The van der Waals surface area contributed by atoms with Crippen molar-refractivity contribution in [1.82, 2.24) is 9.97 Å². The minimum absolute atomic E-state index is 0.301. The summed E-state index contributed by atoms with van der Waals surface area (Å²) in [5.41, 5.74) is 8.43. The lowest BCUT2D eigenvalue weighted by molar-refractivity contribution is 0.913. The molecular formula is C8H7ClN4. The van der Waals surface area contributed by atoms with Gasteiger partial charge in [-0.1, -0.05) is 11.6 Å². The molecule has 0 saturated carbocycles. The van der Waals surface area contributed by atoms with Crippen LogP contribution in [0, 0.1) is 5.53 Å². The second-order valence-corrected chi connectivity index (χ2v) is 3.05. The fourth-order valence-corrected chi connectivity index (χ4v) is 1.49. The van der Waals surface area contributed by atoms with Crippen molar-refractivity contribution in [3.63, 3.8) is 0 Å². The highest BCUT2D eigenvalue weighted by Crippen LogP contribution is 2.23. The molecule has 0 spiro atoms. The Hall–Kier alpha value is -1.42. The normalized spacial score (nSPS) is 10.5. The van der Waals surface area contributed by atoms with E-state index in [1.165, 1.54) is 0 Å². The zero-order valence-corrected chi connectivity index (χ0v) is 7.47. The number of aromatic nitrogens is 2. The molecule has 0 amide bonds. The third-order valence-electron chi connectivity index (χ3n) is 1.88. The Morgan fingerprint density at radius 1 is 1.62 bits per heavy atom. The summed E-state index contributed by atoms with van der Waals surface area (Å²) in [5, 5.41) is 4.81. The van der Waals surface area contributed by atoms with Gasteiger partial charge in [0.2, 0.25) is 0 Å². The highest BCUT2D eigenvalue weighted by Gasteiger charge is 2.06. The second-order valence-electron chi connectivity index (χ2n) is 2.64. The monoisotopic (exact) mass is 194 g/mol. The molecule has 2 aromatic heterocycles. The van der Waals surface area contributed by atoms with Gasteiger partial charge in [0.15, 0.2) is 0 Å². The predicted molar refractivity (Wildman–Crippen MR) is 50.0 cm³/mol. The molecule has 0 fully saturated rings. The van der Waals surface area contributed by atoms with Crippen molar-refractivity contribution in [3.8, 4) is 0 Å². The Balaban J connectivity index is 2.72. The van der Waals surface area contributed by atoms with Crippen molar-refractivity contribution in [2.75, 3.05) is 0 Å². The summed E-state index contributed by atoms with van der Waals surface area (Å²) in [5.74, 6) is 0.